The van der Waals surface area contributed by atoms with E-state index in [0.29, 0.717) is 11.1 Å². The number of aryl methyl sites for hydroxylation is 1. The lowest BCUT2D eigenvalue weighted by molar-refractivity contribution is -0.136. The van der Waals surface area contributed by atoms with Gasteiger partial charge in [0.1, 0.15) is 5.58 Å². The summed E-state index contributed by atoms with van der Waals surface area (Å²) >= 11 is 0. The normalized spacial score (nSPS) is 11.7. The fourth-order valence-electron chi connectivity index (χ4n) is 3.01. The molecule has 5 nitrogen and oxygen atoms in total. The number of rotatable bonds is 3. The number of alkyl halides is 3. The number of hydrogen-bond donors (Lipinski definition) is 1. The van der Waals surface area contributed by atoms with Crippen molar-refractivity contribution in [1.82, 2.24) is 9.78 Å². The molecule has 0 aliphatic heterocycles. The van der Waals surface area contributed by atoms with Crippen molar-refractivity contribution in [3.63, 3.8) is 0 Å². The average molecular weight is 385 g/mol. The van der Waals surface area contributed by atoms with Crippen molar-refractivity contribution in [2.24, 2.45) is 0 Å². The Labute approximate surface area is 157 Å². The van der Waals surface area contributed by atoms with E-state index in [1.165, 1.54) is 29.2 Å². The van der Waals surface area contributed by atoms with Gasteiger partial charge in [-0.25, -0.2) is 4.68 Å². The molecule has 2 aromatic heterocycles. The smallest absolute Gasteiger partial charge is 0.418 e. The zero-order valence-corrected chi connectivity index (χ0v) is 14.6. The molecule has 0 atom stereocenters. The third kappa shape index (κ3) is 3.13. The van der Waals surface area contributed by atoms with E-state index < -0.39 is 17.6 Å². The summed E-state index contributed by atoms with van der Waals surface area (Å²) in [4.78, 5) is 12.6. The second kappa shape index (κ2) is 6.56. The fraction of sp³-hybridized carbons (Fsp3) is 0.100. The molecule has 28 heavy (non-hydrogen) atoms. The minimum absolute atomic E-state index is 0.0227. The molecular weight excluding hydrogens is 371 g/mol. The molecule has 0 aliphatic rings. The van der Waals surface area contributed by atoms with Crippen molar-refractivity contribution < 1.29 is 22.4 Å². The maximum atomic E-state index is 13.6. The summed E-state index contributed by atoms with van der Waals surface area (Å²) in [6.07, 6.45) is -1.66. The Bertz CT molecular complexity index is 1160. The van der Waals surface area contributed by atoms with Crippen LogP contribution in [0, 0.1) is 6.92 Å². The zero-order chi connectivity index (χ0) is 19.9. The number of anilines is 1. The van der Waals surface area contributed by atoms with E-state index in [0.717, 1.165) is 11.5 Å². The predicted molar refractivity (Wildman–Crippen MR) is 97.5 cm³/mol. The van der Waals surface area contributed by atoms with Crippen LogP contribution in [-0.4, -0.2) is 15.7 Å². The van der Waals surface area contributed by atoms with E-state index in [1.807, 2.05) is 0 Å². The second-order valence-corrected chi connectivity index (χ2v) is 6.18. The van der Waals surface area contributed by atoms with Gasteiger partial charge in [0.05, 0.1) is 16.9 Å². The quantitative estimate of drug-likeness (QED) is 0.527. The van der Waals surface area contributed by atoms with Crippen LogP contribution in [0.5, 0.6) is 0 Å². The molecule has 0 radical (unpaired) electrons. The molecule has 0 unspecified atom stereocenters. The van der Waals surface area contributed by atoms with Gasteiger partial charge >= 0.3 is 6.18 Å². The van der Waals surface area contributed by atoms with Crippen LogP contribution in [0.4, 0.5) is 18.9 Å². The molecule has 0 spiro atoms. The van der Waals surface area contributed by atoms with Crippen LogP contribution in [-0.2, 0) is 6.18 Å². The number of nitrogens with zero attached hydrogens (tertiary/aromatic N) is 2. The molecule has 142 valence electrons. The molecule has 0 fully saturated rings. The Kier molecular flexibility index (Phi) is 4.18. The third-order valence-electron chi connectivity index (χ3n) is 4.38. The first kappa shape index (κ1) is 17.8. The van der Waals surface area contributed by atoms with Crippen LogP contribution in [0.25, 0.3) is 16.7 Å². The van der Waals surface area contributed by atoms with E-state index >= 15 is 0 Å². The number of carbonyl (C=O) groups is 1. The summed E-state index contributed by atoms with van der Waals surface area (Å²) in [6, 6.07) is 12.2. The highest BCUT2D eigenvalue weighted by Gasteiger charge is 2.35. The average Bonchev–Trinajstić information content (AvgIpc) is 3.30. The molecule has 4 rings (SSSR count). The lowest BCUT2D eigenvalue weighted by Crippen LogP contribution is -2.17. The molecule has 4 aromatic rings. The highest BCUT2D eigenvalue weighted by Crippen LogP contribution is 2.36. The predicted octanol–water partition coefficient (Wildman–Crippen LogP) is 5.20. The Balaban J connectivity index is 1.72. The van der Waals surface area contributed by atoms with Crippen molar-refractivity contribution in [2.45, 2.75) is 13.1 Å². The van der Waals surface area contributed by atoms with Gasteiger partial charge in [0.15, 0.2) is 5.76 Å². The van der Waals surface area contributed by atoms with Gasteiger partial charge in [-0.3, -0.25) is 4.79 Å². The fourth-order valence-corrected chi connectivity index (χ4v) is 3.01. The number of para-hydroxylation sites is 1. The molecule has 2 aromatic carbocycles. The van der Waals surface area contributed by atoms with Crippen LogP contribution < -0.4 is 5.32 Å². The van der Waals surface area contributed by atoms with E-state index in [-0.39, 0.29) is 17.1 Å². The van der Waals surface area contributed by atoms with E-state index in [9.17, 15) is 18.0 Å². The van der Waals surface area contributed by atoms with Gasteiger partial charge in [-0.2, -0.15) is 18.3 Å². The third-order valence-corrected chi connectivity index (χ3v) is 4.38. The number of fused-ring (bicyclic) bond motifs is 1. The number of nitrogens with one attached hydrogen (secondary N) is 1. The summed E-state index contributed by atoms with van der Waals surface area (Å²) in [5, 5.41) is 6.99. The molecule has 0 bridgehead atoms. The number of amides is 1. The van der Waals surface area contributed by atoms with Crippen LogP contribution in [0.2, 0.25) is 0 Å². The Morgan fingerprint density at radius 3 is 2.61 bits per heavy atom. The molecule has 0 saturated carbocycles. The van der Waals surface area contributed by atoms with Crippen molar-refractivity contribution >= 4 is 22.6 Å². The van der Waals surface area contributed by atoms with E-state index in [2.05, 4.69) is 10.4 Å². The standard InChI is InChI=1S/C20H14F3N3O2/c1-12-14-5-2-3-6-17(14)28-18(12)19(27)25-16-8-7-13(26-10-4-9-24-26)11-15(16)20(21,22)23/h2-11H,1H3,(H,25,27). The van der Waals surface area contributed by atoms with Gasteiger partial charge < -0.3 is 9.73 Å². The minimum atomic E-state index is -4.66. The number of furan rings is 1. The largest absolute Gasteiger partial charge is 0.451 e. The first-order valence-electron chi connectivity index (χ1n) is 8.35. The Hall–Kier alpha value is -3.55. The van der Waals surface area contributed by atoms with Gasteiger partial charge in [0.2, 0.25) is 0 Å². The van der Waals surface area contributed by atoms with Gasteiger partial charge in [0, 0.05) is 23.3 Å². The summed E-state index contributed by atoms with van der Waals surface area (Å²) in [7, 11) is 0. The summed E-state index contributed by atoms with van der Waals surface area (Å²) in [6.45, 7) is 1.69. The van der Waals surface area contributed by atoms with Gasteiger partial charge in [-0.15, -0.1) is 0 Å². The van der Waals surface area contributed by atoms with Crippen molar-refractivity contribution in [2.75, 3.05) is 5.32 Å². The van der Waals surface area contributed by atoms with Crippen LogP contribution in [0.3, 0.4) is 0 Å². The maximum Gasteiger partial charge on any atom is 0.418 e. The summed E-state index contributed by atoms with van der Waals surface area (Å²) in [5.74, 6) is -0.767. The number of halogens is 3. The Morgan fingerprint density at radius 1 is 1.14 bits per heavy atom. The first-order valence-corrected chi connectivity index (χ1v) is 8.35. The first-order chi connectivity index (χ1) is 13.3. The van der Waals surface area contributed by atoms with Crippen molar-refractivity contribution in [3.05, 3.63) is 77.8 Å². The zero-order valence-electron chi connectivity index (χ0n) is 14.6. The second-order valence-electron chi connectivity index (χ2n) is 6.18. The van der Waals surface area contributed by atoms with Gasteiger partial charge in [-0.1, -0.05) is 18.2 Å². The van der Waals surface area contributed by atoms with Crippen molar-refractivity contribution in [1.29, 1.82) is 0 Å². The molecule has 2 heterocycles. The molecule has 0 aliphatic carbocycles. The highest BCUT2D eigenvalue weighted by atomic mass is 19.4. The van der Waals surface area contributed by atoms with Gasteiger partial charge in [0.25, 0.3) is 5.91 Å². The summed E-state index contributed by atoms with van der Waals surface area (Å²) in [5.41, 5.74) is -0.0313. The molecule has 0 saturated heterocycles. The van der Waals surface area contributed by atoms with Crippen molar-refractivity contribution in [3.8, 4) is 5.69 Å². The van der Waals surface area contributed by atoms with E-state index in [1.54, 1.807) is 37.3 Å². The number of aromatic nitrogens is 2. The minimum Gasteiger partial charge on any atom is -0.451 e. The highest BCUT2D eigenvalue weighted by molar-refractivity contribution is 6.06. The topological polar surface area (TPSA) is 60.1 Å². The molecular formula is C20H14F3N3O2. The number of hydrogen-bond acceptors (Lipinski definition) is 3. The molecule has 1 N–H and O–H groups in total. The van der Waals surface area contributed by atoms with Crippen LogP contribution in [0.15, 0.2) is 65.3 Å². The molecule has 1 amide bonds. The van der Waals surface area contributed by atoms with Crippen LogP contribution in [0.1, 0.15) is 21.7 Å². The number of benzene rings is 2. The lowest BCUT2D eigenvalue weighted by atomic mass is 10.1. The van der Waals surface area contributed by atoms with Gasteiger partial charge in [-0.05, 0) is 37.3 Å². The lowest BCUT2D eigenvalue weighted by Gasteiger charge is -2.15. The number of carbonyl (C=O) groups excluding carboxylic acids is 1. The summed E-state index contributed by atoms with van der Waals surface area (Å²) < 4.78 is 47.5. The van der Waals surface area contributed by atoms with Crippen LogP contribution >= 0.6 is 0 Å². The monoisotopic (exact) mass is 385 g/mol. The van der Waals surface area contributed by atoms with E-state index in [4.69, 9.17) is 4.42 Å². The Morgan fingerprint density at radius 2 is 1.93 bits per heavy atom. The maximum absolute atomic E-state index is 13.6. The molecule has 8 heteroatoms. The SMILES string of the molecule is Cc1c(C(=O)Nc2ccc(-n3cccn3)cc2C(F)(F)F)oc2ccccc12.